The first-order valence-electron chi connectivity index (χ1n) is 4.55. The average molecular weight is 199 g/mol. The lowest BCUT2D eigenvalue weighted by Gasteiger charge is -2.02. The topological polar surface area (TPSA) is 38.9 Å². The summed E-state index contributed by atoms with van der Waals surface area (Å²) in [6, 6.07) is 2.09. The van der Waals surface area contributed by atoms with Crippen molar-refractivity contribution in [1.29, 1.82) is 0 Å². The first-order valence-corrected chi connectivity index (χ1v) is 4.93. The lowest BCUT2D eigenvalue weighted by atomic mass is 10.1. The molecule has 0 fully saturated rings. The van der Waals surface area contributed by atoms with Crippen LogP contribution in [-0.4, -0.2) is 11.5 Å². The second-order valence-electron chi connectivity index (χ2n) is 3.20. The summed E-state index contributed by atoms with van der Waals surface area (Å²) in [5.74, 6) is 0. The number of nitrogens with zero attached hydrogens (tertiary/aromatic N) is 1. The van der Waals surface area contributed by atoms with Crippen molar-refractivity contribution in [1.82, 2.24) is 4.98 Å². The van der Waals surface area contributed by atoms with E-state index < -0.39 is 0 Å². The SMILES string of the molecule is Cc1cc(CCCCN)cnc1Cl. The molecule has 0 spiro atoms. The van der Waals surface area contributed by atoms with Crippen LogP contribution in [0.2, 0.25) is 5.15 Å². The highest BCUT2D eigenvalue weighted by Gasteiger charge is 1.98. The Morgan fingerprint density at radius 2 is 2.23 bits per heavy atom. The number of aryl methyl sites for hydroxylation is 2. The summed E-state index contributed by atoms with van der Waals surface area (Å²) in [5, 5.41) is 0.600. The van der Waals surface area contributed by atoms with Gasteiger partial charge in [0, 0.05) is 6.20 Å². The summed E-state index contributed by atoms with van der Waals surface area (Å²) in [6.45, 7) is 2.74. The summed E-state index contributed by atoms with van der Waals surface area (Å²) in [7, 11) is 0. The molecule has 0 atom stereocenters. The van der Waals surface area contributed by atoms with Crippen LogP contribution in [0, 0.1) is 6.92 Å². The van der Waals surface area contributed by atoms with Crippen molar-refractivity contribution < 1.29 is 0 Å². The minimum atomic E-state index is 0.600. The van der Waals surface area contributed by atoms with Gasteiger partial charge in [-0.2, -0.15) is 0 Å². The highest BCUT2D eigenvalue weighted by molar-refractivity contribution is 6.30. The molecule has 0 amide bonds. The monoisotopic (exact) mass is 198 g/mol. The number of unbranched alkanes of at least 4 members (excludes halogenated alkanes) is 1. The minimum absolute atomic E-state index is 0.600. The number of halogens is 1. The molecule has 0 aliphatic heterocycles. The average Bonchev–Trinajstić information content (AvgIpc) is 2.12. The van der Waals surface area contributed by atoms with Gasteiger partial charge in [-0.1, -0.05) is 17.7 Å². The molecule has 72 valence electrons. The van der Waals surface area contributed by atoms with E-state index in [9.17, 15) is 0 Å². The third-order valence-corrected chi connectivity index (χ3v) is 2.39. The highest BCUT2D eigenvalue weighted by Crippen LogP contribution is 2.13. The Bertz CT molecular complexity index is 274. The van der Waals surface area contributed by atoms with E-state index in [1.165, 1.54) is 5.56 Å². The summed E-state index contributed by atoms with van der Waals surface area (Å²) in [5.41, 5.74) is 7.70. The zero-order valence-electron chi connectivity index (χ0n) is 7.89. The van der Waals surface area contributed by atoms with Gasteiger partial charge in [-0.05, 0) is 43.9 Å². The maximum atomic E-state index is 5.81. The molecular weight excluding hydrogens is 184 g/mol. The van der Waals surface area contributed by atoms with Crippen molar-refractivity contribution in [3.8, 4) is 0 Å². The third-order valence-electron chi connectivity index (χ3n) is 1.99. The van der Waals surface area contributed by atoms with Gasteiger partial charge in [-0.25, -0.2) is 4.98 Å². The number of rotatable bonds is 4. The summed E-state index contributed by atoms with van der Waals surface area (Å²) in [4.78, 5) is 4.09. The molecule has 1 aromatic heterocycles. The molecule has 1 rings (SSSR count). The molecule has 0 unspecified atom stereocenters. The van der Waals surface area contributed by atoms with E-state index in [2.05, 4.69) is 11.1 Å². The van der Waals surface area contributed by atoms with Crippen molar-refractivity contribution in [2.45, 2.75) is 26.2 Å². The number of hydrogen-bond donors (Lipinski definition) is 1. The predicted octanol–water partition coefficient (Wildman–Crippen LogP) is 2.32. The van der Waals surface area contributed by atoms with Gasteiger partial charge in [0.15, 0.2) is 0 Å². The molecule has 0 aliphatic carbocycles. The first kappa shape index (κ1) is 10.5. The van der Waals surface area contributed by atoms with Crippen LogP contribution >= 0.6 is 11.6 Å². The maximum Gasteiger partial charge on any atom is 0.131 e. The Balaban J connectivity index is 2.53. The van der Waals surface area contributed by atoms with Crippen molar-refractivity contribution in [3.05, 3.63) is 28.5 Å². The lowest BCUT2D eigenvalue weighted by Crippen LogP contribution is -1.99. The molecule has 1 heterocycles. The summed E-state index contributed by atoms with van der Waals surface area (Å²) in [6.07, 6.45) is 5.08. The second kappa shape index (κ2) is 5.20. The normalized spacial score (nSPS) is 10.4. The molecule has 0 aromatic carbocycles. The van der Waals surface area contributed by atoms with E-state index in [1.807, 2.05) is 13.1 Å². The van der Waals surface area contributed by atoms with Crippen LogP contribution in [0.5, 0.6) is 0 Å². The van der Waals surface area contributed by atoms with Crippen LogP contribution in [0.25, 0.3) is 0 Å². The van der Waals surface area contributed by atoms with Gasteiger partial charge in [0.25, 0.3) is 0 Å². The fourth-order valence-electron chi connectivity index (χ4n) is 1.23. The van der Waals surface area contributed by atoms with Crippen LogP contribution in [0.4, 0.5) is 0 Å². The smallest absolute Gasteiger partial charge is 0.131 e. The van der Waals surface area contributed by atoms with Crippen LogP contribution in [0.1, 0.15) is 24.0 Å². The second-order valence-corrected chi connectivity index (χ2v) is 3.56. The van der Waals surface area contributed by atoms with Crippen molar-refractivity contribution in [2.75, 3.05) is 6.54 Å². The number of nitrogens with two attached hydrogens (primary N) is 1. The molecule has 13 heavy (non-hydrogen) atoms. The number of pyridine rings is 1. The molecule has 2 nitrogen and oxygen atoms in total. The lowest BCUT2D eigenvalue weighted by molar-refractivity contribution is 0.742. The number of aromatic nitrogens is 1. The molecule has 0 bridgehead atoms. The van der Waals surface area contributed by atoms with E-state index >= 15 is 0 Å². The standard InChI is InChI=1S/C10H15ClN2/c1-8-6-9(4-2-3-5-12)7-13-10(8)11/h6-7H,2-5,12H2,1H3. The van der Waals surface area contributed by atoms with Crippen molar-refractivity contribution >= 4 is 11.6 Å². The third kappa shape index (κ3) is 3.33. The van der Waals surface area contributed by atoms with E-state index in [1.54, 1.807) is 0 Å². The Hall–Kier alpha value is -0.600. The Morgan fingerprint density at radius 3 is 2.85 bits per heavy atom. The van der Waals surface area contributed by atoms with Gasteiger partial charge >= 0.3 is 0 Å². The van der Waals surface area contributed by atoms with E-state index in [0.29, 0.717) is 5.15 Å². The zero-order valence-corrected chi connectivity index (χ0v) is 8.64. The van der Waals surface area contributed by atoms with Gasteiger partial charge < -0.3 is 5.73 Å². The van der Waals surface area contributed by atoms with Crippen molar-refractivity contribution in [2.24, 2.45) is 5.73 Å². The predicted molar refractivity (Wildman–Crippen MR) is 56.0 cm³/mol. The molecule has 3 heteroatoms. The summed E-state index contributed by atoms with van der Waals surface area (Å²) >= 11 is 5.81. The first-order chi connectivity index (χ1) is 6.24. The molecular formula is C10H15ClN2. The fraction of sp³-hybridized carbons (Fsp3) is 0.500. The largest absolute Gasteiger partial charge is 0.330 e. The quantitative estimate of drug-likeness (QED) is 0.596. The van der Waals surface area contributed by atoms with Gasteiger partial charge in [-0.3, -0.25) is 0 Å². The van der Waals surface area contributed by atoms with Crippen LogP contribution in [0.3, 0.4) is 0 Å². The molecule has 0 radical (unpaired) electrons. The summed E-state index contributed by atoms with van der Waals surface area (Å²) < 4.78 is 0. The Kier molecular flexibility index (Phi) is 4.19. The molecule has 0 saturated heterocycles. The molecule has 2 N–H and O–H groups in total. The fourth-order valence-corrected chi connectivity index (χ4v) is 1.33. The Labute approximate surface area is 84.1 Å². The van der Waals surface area contributed by atoms with Crippen molar-refractivity contribution in [3.63, 3.8) is 0 Å². The van der Waals surface area contributed by atoms with Crippen LogP contribution in [-0.2, 0) is 6.42 Å². The maximum absolute atomic E-state index is 5.81. The van der Waals surface area contributed by atoms with E-state index in [-0.39, 0.29) is 0 Å². The van der Waals surface area contributed by atoms with Crippen LogP contribution < -0.4 is 5.73 Å². The van der Waals surface area contributed by atoms with E-state index in [4.69, 9.17) is 17.3 Å². The molecule has 1 aromatic rings. The van der Waals surface area contributed by atoms with Gasteiger partial charge in [-0.15, -0.1) is 0 Å². The minimum Gasteiger partial charge on any atom is -0.330 e. The molecule has 0 aliphatic rings. The van der Waals surface area contributed by atoms with E-state index in [0.717, 1.165) is 31.4 Å². The Morgan fingerprint density at radius 1 is 1.46 bits per heavy atom. The van der Waals surface area contributed by atoms with Gasteiger partial charge in [0.1, 0.15) is 5.15 Å². The zero-order chi connectivity index (χ0) is 9.68. The number of hydrogen-bond acceptors (Lipinski definition) is 2. The highest BCUT2D eigenvalue weighted by atomic mass is 35.5. The van der Waals surface area contributed by atoms with Crippen LogP contribution in [0.15, 0.2) is 12.3 Å². The molecule has 0 saturated carbocycles. The van der Waals surface area contributed by atoms with Gasteiger partial charge in [0.05, 0.1) is 0 Å². The van der Waals surface area contributed by atoms with Gasteiger partial charge in [0.2, 0.25) is 0 Å².